The van der Waals surface area contributed by atoms with E-state index in [9.17, 15) is 9.59 Å². The van der Waals surface area contributed by atoms with Crippen LogP contribution in [0.2, 0.25) is 0 Å². The van der Waals surface area contributed by atoms with Crippen molar-refractivity contribution in [2.24, 2.45) is 23.2 Å². The molecule has 36 heavy (non-hydrogen) atoms. The Labute approximate surface area is 216 Å². The summed E-state index contributed by atoms with van der Waals surface area (Å²) in [5.41, 5.74) is 0.882. The molecule has 198 valence electrons. The van der Waals surface area contributed by atoms with Gasteiger partial charge in [0.05, 0.1) is 14.2 Å². The Morgan fingerprint density at radius 3 is 2.25 bits per heavy atom. The summed E-state index contributed by atoms with van der Waals surface area (Å²) in [4.78, 5) is 25.4. The quantitative estimate of drug-likeness (QED) is 0.468. The molecule has 6 heteroatoms. The predicted molar refractivity (Wildman–Crippen MR) is 140 cm³/mol. The number of hydrogen-bond donors (Lipinski definition) is 2. The van der Waals surface area contributed by atoms with Crippen LogP contribution in [-0.4, -0.2) is 37.1 Å². The van der Waals surface area contributed by atoms with Crippen molar-refractivity contribution in [2.45, 2.75) is 102 Å². The Balaban J connectivity index is 1.20. The van der Waals surface area contributed by atoms with Crippen LogP contribution >= 0.6 is 0 Å². The Bertz CT molecular complexity index is 967. The van der Waals surface area contributed by atoms with E-state index in [1.165, 1.54) is 38.5 Å². The van der Waals surface area contributed by atoms with Crippen molar-refractivity contribution in [2.75, 3.05) is 14.2 Å². The fourth-order valence-electron chi connectivity index (χ4n) is 8.84. The lowest BCUT2D eigenvalue weighted by Gasteiger charge is -2.58. The lowest BCUT2D eigenvalue weighted by Crippen LogP contribution is -2.53. The van der Waals surface area contributed by atoms with Crippen LogP contribution in [0.15, 0.2) is 18.2 Å². The summed E-state index contributed by atoms with van der Waals surface area (Å²) in [6, 6.07) is 5.89. The van der Waals surface area contributed by atoms with E-state index >= 15 is 0 Å². The normalized spacial score (nSPS) is 32.9. The van der Waals surface area contributed by atoms with E-state index in [4.69, 9.17) is 9.47 Å². The summed E-state index contributed by atoms with van der Waals surface area (Å²) in [6.07, 6.45) is 12.5. The second-order valence-corrected chi connectivity index (χ2v) is 13.2. The van der Waals surface area contributed by atoms with Crippen LogP contribution in [0.25, 0.3) is 0 Å². The maximum absolute atomic E-state index is 13.2. The largest absolute Gasteiger partial charge is 0.493 e. The highest BCUT2D eigenvalue weighted by Crippen LogP contribution is 2.62. The van der Waals surface area contributed by atoms with Crippen LogP contribution in [0.3, 0.4) is 0 Å². The van der Waals surface area contributed by atoms with Gasteiger partial charge in [-0.2, -0.15) is 0 Å². The zero-order chi connectivity index (χ0) is 25.6. The summed E-state index contributed by atoms with van der Waals surface area (Å²) in [7, 11) is 3.25. The Kier molecular flexibility index (Phi) is 6.76. The van der Waals surface area contributed by atoms with E-state index in [2.05, 4.69) is 24.5 Å². The number of ether oxygens (including phenoxy) is 2. The first-order valence-electron chi connectivity index (χ1n) is 13.9. The fraction of sp³-hybridized carbons (Fsp3) is 0.733. The number of hydrogen-bond acceptors (Lipinski definition) is 4. The van der Waals surface area contributed by atoms with Crippen LogP contribution in [0, 0.1) is 23.2 Å². The summed E-state index contributed by atoms with van der Waals surface area (Å²) in [6.45, 7) is 4.42. The molecule has 2 N–H and O–H groups in total. The zero-order valence-corrected chi connectivity index (χ0v) is 22.6. The van der Waals surface area contributed by atoms with Crippen LogP contribution in [-0.2, 0) is 16.0 Å². The molecule has 2 amide bonds. The highest BCUT2D eigenvalue weighted by Gasteiger charge is 2.52. The summed E-state index contributed by atoms with van der Waals surface area (Å²) >= 11 is 0. The molecule has 1 aromatic carbocycles. The molecule has 5 fully saturated rings. The van der Waals surface area contributed by atoms with Crippen molar-refractivity contribution in [1.82, 2.24) is 10.6 Å². The topological polar surface area (TPSA) is 76.7 Å². The van der Waals surface area contributed by atoms with E-state index in [1.54, 1.807) is 14.2 Å². The van der Waals surface area contributed by atoms with Gasteiger partial charge in [-0.3, -0.25) is 9.59 Å². The van der Waals surface area contributed by atoms with Gasteiger partial charge in [0.15, 0.2) is 11.5 Å². The SMILES string of the molecule is COc1ccc(C[C@@]2(CCC(=O)NC(C)(C)CC34CC5CC(CC(C5)C3)C4)CCC(=O)N2)cc1OC. The number of nitrogens with one attached hydrogen (secondary N) is 2. The van der Waals surface area contributed by atoms with Gasteiger partial charge < -0.3 is 20.1 Å². The van der Waals surface area contributed by atoms with Crippen LogP contribution < -0.4 is 20.1 Å². The van der Waals surface area contributed by atoms with Crippen molar-refractivity contribution in [3.8, 4) is 11.5 Å². The number of benzene rings is 1. The summed E-state index contributed by atoms with van der Waals surface area (Å²) in [5.74, 6) is 4.29. The molecular formula is C30H44N2O4. The standard InChI is InChI=1S/C30H44N2O4/c1-28(2,19-29-15-21-11-22(16-29)13-23(12-21)17-29)31-26(33)7-9-30(10-8-27(34)32-30)18-20-5-6-24(35-3)25(14-20)36-4/h5-6,14,21-23H,7-13,15-19H2,1-4H3,(H,31,33)(H,32,34)/t21?,22?,23?,29?,30-/m1/s1. The van der Waals surface area contributed by atoms with Crippen LogP contribution in [0.5, 0.6) is 11.5 Å². The maximum atomic E-state index is 13.2. The number of rotatable bonds is 10. The van der Waals surface area contributed by atoms with E-state index in [1.807, 2.05) is 18.2 Å². The Morgan fingerprint density at radius 1 is 1.06 bits per heavy atom. The number of carbonyl (C=O) groups is 2. The van der Waals surface area contributed by atoms with Gasteiger partial charge in [-0.05, 0) is 119 Å². The number of amides is 2. The Morgan fingerprint density at radius 2 is 1.69 bits per heavy atom. The molecule has 0 spiro atoms. The van der Waals surface area contributed by atoms with E-state index in [-0.39, 0.29) is 17.4 Å². The predicted octanol–water partition coefficient (Wildman–Crippen LogP) is 5.18. The molecule has 1 aliphatic heterocycles. The molecule has 4 saturated carbocycles. The first-order valence-corrected chi connectivity index (χ1v) is 13.9. The van der Waals surface area contributed by atoms with Crippen molar-refractivity contribution in [1.29, 1.82) is 0 Å². The molecule has 4 bridgehead atoms. The highest BCUT2D eigenvalue weighted by atomic mass is 16.5. The zero-order valence-electron chi connectivity index (χ0n) is 22.6. The van der Waals surface area contributed by atoms with Gasteiger partial charge in [0.2, 0.25) is 11.8 Å². The van der Waals surface area contributed by atoms with Crippen molar-refractivity contribution < 1.29 is 19.1 Å². The van der Waals surface area contributed by atoms with Gasteiger partial charge >= 0.3 is 0 Å². The minimum absolute atomic E-state index is 0.0676. The molecule has 0 unspecified atom stereocenters. The summed E-state index contributed by atoms with van der Waals surface area (Å²) < 4.78 is 10.8. The second kappa shape index (κ2) is 9.57. The number of methoxy groups -OCH3 is 2. The number of carbonyl (C=O) groups excluding carboxylic acids is 2. The van der Waals surface area contributed by atoms with Crippen LogP contribution in [0.1, 0.15) is 90.0 Å². The average molecular weight is 497 g/mol. The van der Waals surface area contributed by atoms with E-state index in [0.717, 1.165) is 36.2 Å². The lowest BCUT2D eigenvalue weighted by atomic mass is 9.48. The van der Waals surface area contributed by atoms with Gasteiger partial charge in [0, 0.05) is 23.9 Å². The van der Waals surface area contributed by atoms with Crippen molar-refractivity contribution in [3.05, 3.63) is 23.8 Å². The molecule has 1 saturated heterocycles. The second-order valence-electron chi connectivity index (χ2n) is 13.2. The van der Waals surface area contributed by atoms with Crippen molar-refractivity contribution in [3.63, 3.8) is 0 Å². The molecular weight excluding hydrogens is 452 g/mol. The van der Waals surface area contributed by atoms with Gasteiger partial charge in [-0.1, -0.05) is 6.07 Å². The monoisotopic (exact) mass is 496 g/mol. The first kappa shape index (κ1) is 25.4. The average Bonchev–Trinajstić information content (AvgIpc) is 3.16. The Hall–Kier alpha value is -2.24. The maximum Gasteiger partial charge on any atom is 0.220 e. The van der Waals surface area contributed by atoms with Gasteiger partial charge in [0.25, 0.3) is 0 Å². The van der Waals surface area contributed by atoms with E-state index < -0.39 is 5.54 Å². The molecule has 1 aromatic rings. The van der Waals surface area contributed by atoms with Crippen molar-refractivity contribution >= 4 is 11.8 Å². The molecule has 0 aromatic heterocycles. The van der Waals surface area contributed by atoms with Gasteiger partial charge in [-0.25, -0.2) is 0 Å². The molecule has 1 heterocycles. The molecule has 6 rings (SSSR count). The van der Waals surface area contributed by atoms with Crippen LogP contribution in [0.4, 0.5) is 0 Å². The molecule has 1 atom stereocenters. The third-order valence-corrected chi connectivity index (χ3v) is 9.52. The smallest absolute Gasteiger partial charge is 0.220 e. The van der Waals surface area contributed by atoms with E-state index in [0.29, 0.717) is 42.6 Å². The van der Waals surface area contributed by atoms with Gasteiger partial charge in [-0.15, -0.1) is 0 Å². The minimum Gasteiger partial charge on any atom is -0.493 e. The fourth-order valence-corrected chi connectivity index (χ4v) is 8.84. The molecule has 0 radical (unpaired) electrons. The first-order chi connectivity index (χ1) is 17.1. The minimum atomic E-state index is -0.405. The molecule has 5 aliphatic rings. The third kappa shape index (κ3) is 5.38. The molecule has 4 aliphatic carbocycles. The van der Waals surface area contributed by atoms with Gasteiger partial charge in [0.1, 0.15) is 0 Å². The lowest BCUT2D eigenvalue weighted by molar-refractivity contribution is -0.125. The molecule has 6 nitrogen and oxygen atoms in total. The highest BCUT2D eigenvalue weighted by molar-refractivity contribution is 5.80. The third-order valence-electron chi connectivity index (χ3n) is 9.52. The summed E-state index contributed by atoms with van der Waals surface area (Å²) in [5, 5.41) is 6.60.